The molecule has 2 heterocycles. The highest BCUT2D eigenvalue weighted by Gasteiger charge is 2.11. The van der Waals surface area contributed by atoms with Gasteiger partial charge in [0.2, 0.25) is 0 Å². The number of thiophene rings is 1. The standard InChI is InChI=1S/C17H14N2S/c1-3-4-8-15(18)14-7-5-6-12-13-10-9-11(2)19-17(13)20-16(12)14/h3-10,18H,1H2,2H3/b8-4-,18-15?/i2D3,4D,8D. The zero-order valence-electron chi connectivity index (χ0n) is 15.5. The van der Waals surface area contributed by atoms with Crippen LogP contribution >= 0.6 is 11.3 Å². The number of nitrogens with zero attached hydrogens (tertiary/aromatic N) is 1. The third-order valence-corrected chi connectivity index (χ3v) is 4.08. The Bertz CT molecular complexity index is 1050. The second-order valence-corrected chi connectivity index (χ2v) is 5.18. The molecule has 0 atom stereocenters. The molecule has 2 nitrogen and oxygen atoms in total. The molecule has 0 spiro atoms. The van der Waals surface area contributed by atoms with Gasteiger partial charge in [0.15, 0.2) is 0 Å². The average molecular weight is 283 g/mol. The normalized spacial score (nSPS) is 16.7. The van der Waals surface area contributed by atoms with Crippen LogP contribution in [0.15, 0.2) is 55.1 Å². The maximum absolute atomic E-state index is 8.25. The number of aryl methyl sites for hydroxylation is 1. The summed E-state index contributed by atoms with van der Waals surface area (Å²) in [6.07, 6.45) is 1.23. The molecule has 0 saturated carbocycles. The lowest BCUT2D eigenvalue weighted by molar-refractivity contribution is 1.27. The predicted octanol–water partition coefficient (Wildman–Crippen LogP) is 4.87. The highest BCUT2D eigenvalue weighted by atomic mass is 32.1. The van der Waals surface area contributed by atoms with Gasteiger partial charge in [-0.25, -0.2) is 4.98 Å². The molecule has 3 aromatic rings. The lowest BCUT2D eigenvalue weighted by Crippen LogP contribution is -1.93. The molecule has 3 heteroatoms. The third kappa shape index (κ3) is 2.06. The first kappa shape index (κ1) is 8.12. The van der Waals surface area contributed by atoms with Crippen molar-refractivity contribution in [1.29, 1.82) is 5.41 Å². The van der Waals surface area contributed by atoms with Crippen molar-refractivity contribution in [3.8, 4) is 0 Å². The number of hydrogen-bond donors (Lipinski definition) is 1. The van der Waals surface area contributed by atoms with E-state index in [-0.39, 0.29) is 23.5 Å². The second-order valence-electron chi connectivity index (χ2n) is 4.18. The Hall–Kier alpha value is -2.26. The molecule has 0 unspecified atom stereocenters. The van der Waals surface area contributed by atoms with Crippen LogP contribution in [0.4, 0.5) is 0 Å². The summed E-state index contributed by atoms with van der Waals surface area (Å²) < 4.78 is 38.9. The number of rotatable bonds is 3. The molecule has 0 aliphatic rings. The van der Waals surface area contributed by atoms with Crippen LogP contribution in [0.25, 0.3) is 20.3 Å². The van der Waals surface area contributed by atoms with Gasteiger partial charge in [0.25, 0.3) is 0 Å². The minimum absolute atomic E-state index is 0.0318. The van der Waals surface area contributed by atoms with Gasteiger partial charge in [0.05, 0.1) is 8.45 Å². The molecule has 20 heavy (non-hydrogen) atoms. The monoisotopic (exact) mass is 283 g/mol. The fraction of sp³-hybridized carbons (Fsp3) is 0.0588. The van der Waals surface area contributed by atoms with Gasteiger partial charge in [0.1, 0.15) is 4.83 Å². The van der Waals surface area contributed by atoms with Crippen molar-refractivity contribution in [3.05, 3.63) is 66.3 Å². The Kier molecular flexibility index (Phi) is 2.04. The summed E-state index contributed by atoms with van der Waals surface area (Å²) in [6.45, 7) is 1.19. The van der Waals surface area contributed by atoms with E-state index in [9.17, 15) is 0 Å². The number of hydrogen-bond acceptors (Lipinski definition) is 3. The Morgan fingerprint density at radius 1 is 1.40 bits per heavy atom. The topological polar surface area (TPSA) is 36.7 Å². The van der Waals surface area contributed by atoms with Crippen LogP contribution in [0.1, 0.15) is 18.1 Å². The van der Waals surface area contributed by atoms with Gasteiger partial charge in [-0.3, -0.25) is 0 Å². The van der Waals surface area contributed by atoms with E-state index < -0.39 is 6.85 Å². The lowest BCUT2D eigenvalue weighted by Gasteiger charge is -2.00. The van der Waals surface area contributed by atoms with Gasteiger partial charge in [-0.15, -0.1) is 11.3 Å². The highest BCUT2D eigenvalue weighted by molar-refractivity contribution is 7.25. The predicted molar refractivity (Wildman–Crippen MR) is 88.0 cm³/mol. The number of allylic oxidation sites excluding steroid dienone is 3. The number of benzene rings is 1. The van der Waals surface area contributed by atoms with Crippen molar-refractivity contribution >= 4 is 37.4 Å². The van der Waals surface area contributed by atoms with E-state index in [2.05, 4.69) is 11.6 Å². The molecule has 0 aliphatic heterocycles. The van der Waals surface area contributed by atoms with Crippen molar-refractivity contribution in [2.45, 2.75) is 6.85 Å². The first-order chi connectivity index (χ1) is 11.7. The van der Waals surface area contributed by atoms with Crippen LogP contribution < -0.4 is 0 Å². The van der Waals surface area contributed by atoms with Crippen LogP contribution in [0, 0.1) is 12.3 Å². The van der Waals surface area contributed by atoms with Gasteiger partial charge in [-0.05, 0) is 25.0 Å². The fourth-order valence-corrected chi connectivity index (χ4v) is 3.26. The lowest BCUT2D eigenvalue weighted by atomic mass is 10.1. The Balaban J connectivity index is 2.26. The van der Waals surface area contributed by atoms with Crippen LogP contribution in [0.2, 0.25) is 0 Å². The summed E-state index contributed by atoms with van der Waals surface area (Å²) in [6, 6.07) is 8.27. The first-order valence-corrected chi connectivity index (χ1v) is 6.77. The van der Waals surface area contributed by atoms with Crippen molar-refractivity contribution < 1.29 is 6.85 Å². The SMILES string of the molecule is [2H]/C(C=C)=C(\[2H])C(=N)c1cccc2c1sc1nc(C([2H])([2H])[2H])ccc12. The molecule has 1 N–H and O–H groups in total. The molecule has 0 amide bonds. The summed E-state index contributed by atoms with van der Waals surface area (Å²) in [4.78, 5) is 4.83. The van der Waals surface area contributed by atoms with Crippen LogP contribution in [0.5, 0.6) is 0 Å². The molecule has 0 saturated heterocycles. The van der Waals surface area contributed by atoms with E-state index >= 15 is 0 Å². The summed E-state index contributed by atoms with van der Waals surface area (Å²) in [5.74, 6) is 0. The van der Waals surface area contributed by atoms with Crippen LogP contribution in [0.3, 0.4) is 0 Å². The van der Waals surface area contributed by atoms with Crippen molar-refractivity contribution in [2.75, 3.05) is 0 Å². The summed E-state index contributed by atoms with van der Waals surface area (Å²) in [5.41, 5.74) is 0.481. The molecule has 0 aliphatic carbocycles. The van der Waals surface area contributed by atoms with E-state index in [1.54, 1.807) is 18.2 Å². The quantitative estimate of drug-likeness (QED) is 0.540. The number of nitrogens with one attached hydrogen (secondary N) is 1. The number of aromatic nitrogens is 1. The van der Waals surface area contributed by atoms with Crippen molar-refractivity contribution in [2.24, 2.45) is 0 Å². The molecule has 2 aromatic heterocycles. The molecule has 98 valence electrons. The summed E-state index contributed by atoms with van der Waals surface area (Å²) >= 11 is 1.29. The molecule has 1 aromatic carbocycles. The van der Waals surface area contributed by atoms with Crippen LogP contribution in [-0.4, -0.2) is 10.7 Å². The smallest absolute Gasteiger partial charge is 0.124 e. The molecule has 0 bridgehead atoms. The zero-order chi connectivity index (χ0) is 18.4. The van der Waals surface area contributed by atoms with Gasteiger partial charge in [-0.2, -0.15) is 0 Å². The highest BCUT2D eigenvalue weighted by Crippen LogP contribution is 2.35. The van der Waals surface area contributed by atoms with E-state index in [0.29, 0.717) is 10.4 Å². The maximum atomic E-state index is 8.25. The molecule has 3 rings (SSSR count). The average Bonchev–Trinajstić information content (AvgIpc) is 2.96. The van der Waals surface area contributed by atoms with Crippen molar-refractivity contribution in [3.63, 3.8) is 0 Å². The largest absolute Gasteiger partial charge is 0.300 e. The zero-order valence-corrected chi connectivity index (χ0v) is 11.3. The first-order valence-electron chi connectivity index (χ1n) is 8.46. The Morgan fingerprint density at radius 2 is 2.30 bits per heavy atom. The molecular weight excluding hydrogens is 264 g/mol. The Morgan fingerprint density at radius 3 is 3.10 bits per heavy atom. The molecule has 0 fully saturated rings. The minimum atomic E-state index is -2.28. The van der Waals surface area contributed by atoms with Gasteiger partial charge >= 0.3 is 0 Å². The van der Waals surface area contributed by atoms with E-state index in [0.717, 1.165) is 15.5 Å². The molecular formula is C17H14N2S. The number of pyridine rings is 1. The van der Waals surface area contributed by atoms with Gasteiger partial charge < -0.3 is 5.41 Å². The van der Waals surface area contributed by atoms with Gasteiger partial charge in [-0.1, -0.05) is 36.9 Å². The van der Waals surface area contributed by atoms with Gasteiger partial charge in [0, 0.05) is 30.8 Å². The Labute approximate surface area is 128 Å². The third-order valence-electron chi connectivity index (χ3n) is 2.93. The summed E-state index contributed by atoms with van der Waals surface area (Å²) in [5, 5.41) is 9.91. The second kappa shape index (κ2) is 5.02. The minimum Gasteiger partial charge on any atom is -0.300 e. The van der Waals surface area contributed by atoms with E-state index in [1.807, 2.05) is 6.07 Å². The maximum Gasteiger partial charge on any atom is 0.124 e. The number of fused-ring (bicyclic) bond motifs is 3. The van der Waals surface area contributed by atoms with Crippen molar-refractivity contribution in [1.82, 2.24) is 4.98 Å². The van der Waals surface area contributed by atoms with Crippen LogP contribution in [-0.2, 0) is 0 Å². The van der Waals surface area contributed by atoms with E-state index in [4.69, 9.17) is 12.3 Å². The summed E-state index contributed by atoms with van der Waals surface area (Å²) in [7, 11) is 0. The fourth-order valence-electron chi connectivity index (χ4n) is 2.07. The molecule has 0 radical (unpaired) electrons. The van der Waals surface area contributed by atoms with E-state index in [1.165, 1.54) is 23.5 Å².